The molecule has 3 N–H and O–H groups in total. The Morgan fingerprint density at radius 3 is 2.88 bits per heavy atom. The van der Waals surface area contributed by atoms with E-state index in [1.165, 1.54) is 4.90 Å². The second-order valence-electron chi connectivity index (χ2n) is 3.39. The second kappa shape index (κ2) is 3.80. The number of imide groups is 1. The van der Waals surface area contributed by atoms with Gasteiger partial charge in [0.05, 0.1) is 0 Å². The molecule has 0 aromatic carbocycles. The van der Waals surface area contributed by atoms with Gasteiger partial charge in [-0.3, -0.25) is 14.9 Å². The predicted molar refractivity (Wildman–Crippen MR) is 53.3 cm³/mol. The molecule has 2 heterocycles. The SMILES string of the molecule is CCC1C(=O)NC(=O)CN1c1nnc(N)o1. The van der Waals surface area contributed by atoms with Gasteiger partial charge in [0.1, 0.15) is 12.6 Å². The summed E-state index contributed by atoms with van der Waals surface area (Å²) in [6.07, 6.45) is 0.529. The lowest BCUT2D eigenvalue weighted by atomic mass is 10.1. The number of nitrogens with two attached hydrogens (primary N) is 1. The van der Waals surface area contributed by atoms with Crippen molar-refractivity contribution in [2.45, 2.75) is 19.4 Å². The maximum Gasteiger partial charge on any atom is 0.320 e. The number of hydrogen-bond donors (Lipinski definition) is 2. The summed E-state index contributed by atoms with van der Waals surface area (Å²) in [5, 5.41) is 9.39. The van der Waals surface area contributed by atoms with Crippen LogP contribution in [0.3, 0.4) is 0 Å². The molecule has 8 heteroatoms. The maximum atomic E-state index is 11.5. The Labute approximate surface area is 90.8 Å². The molecular weight excluding hydrogens is 214 g/mol. The summed E-state index contributed by atoms with van der Waals surface area (Å²) in [6.45, 7) is 1.83. The van der Waals surface area contributed by atoms with Crippen LogP contribution in [0.15, 0.2) is 4.42 Å². The number of nitrogen functional groups attached to an aromatic ring is 1. The highest BCUT2D eigenvalue weighted by Gasteiger charge is 2.35. The summed E-state index contributed by atoms with van der Waals surface area (Å²) in [6, 6.07) is -0.492. The highest BCUT2D eigenvalue weighted by Crippen LogP contribution is 2.19. The van der Waals surface area contributed by atoms with Crippen molar-refractivity contribution in [2.24, 2.45) is 0 Å². The molecule has 0 bridgehead atoms. The minimum atomic E-state index is -0.488. The van der Waals surface area contributed by atoms with Gasteiger partial charge in [-0.05, 0) is 6.42 Å². The Kier molecular flexibility index (Phi) is 2.47. The van der Waals surface area contributed by atoms with Crippen molar-refractivity contribution in [1.82, 2.24) is 15.5 Å². The van der Waals surface area contributed by atoms with E-state index in [-0.39, 0.29) is 24.5 Å². The molecule has 0 radical (unpaired) electrons. The molecule has 1 aromatic heterocycles. The molecule has 2 amide bonds. The third-order valence-electron chi connectivity index (χ3n) is 2.32. The zero-order valence-electron chi connectivity index (χ0n) is 8.64. The second-order valence-corrected chi connectivity index (χ2v) is 3.39. The Hall–Kier alpha value is -2.12. The fourth-order valence-electron chi connectivity index (χ4n) is 1.62. The van der Waals surface area contributed by atoms with Crippen molar-refractivity contribution in [3.63, 3.8) is 0 Å². The van der Waals surface area contributed by atoms with E-state index in [0.29, 0.717) is 6.42 Å². The molecule has 1 aliphatic rings. The highest BCUT2D eigenvalue weighted by molar-refractivity contribution is 6.04. The number of anilines is 2. The number of nitrogens with one attached hydrogen (secondary N) is 1. The van der Waals surface area contributed by atoms with Crippen LogP contribution in [-0.4, -0.2) is 34.6 Å². The fraction of sp³-hybridized carbons (Fsp3) is 0.500. The van der Waals surface area contributed by atoms with Crippen LogP contribution >= 0.6 is 0 Å². The summed E-state index contributed by atoms with van der Waals surface area (Å²) < 4.78 is 5.00. The van der Waals surface area contributed by atoms with Gasteiger partial charge >= 0.3 is 12.0 Å². The Morgan fingerprint density at radius 1 is 1.56 bits per heavy atom. The van der Waals surface area contributed by atoms with Crippen molar-refractivity contribution in [2.75, 3.05) is 17.2 Å². The van der Waals surface area contributed by atoms with Gasteiger partial charge < -0.3 is 15.1 Å². The van der Waals surface area contributed by atoms with Crippen LogP contribution in [0, 0.1) is 0 Å². The molecule has 86 valence electrons. The number of aromatic nitrogens is 2. The van der Waals surface area contributed by atoms with E-state index in [1.807, 2.05) is 6.92 Å². The van der Waals surface area contributed by atoms with Gasteiger partial charge in [0, 0.05) is 0 Å². The number of amides is 2. The number of piperazine rings is 1. The van der Waals surface area contributed by atoms with E-state index in [1.54, 1.807) is 0 Å². The molecule has 1 aromatic rings. The zero-order chi connectivity index (χ0) is 11.7. The van der Waals surface area contributed by atoms with E-state index < -0.39 is 11.9 Å². The average Bonchev–Trinajstić information content (AvgIpc) is 2.63. The number of hydrogen-bond acceptors (Lipinski definition) is 7. The minimum absolute atomic E-state index is 0.00583. The first kappa shape index (κ1) is 10.4. The van der Waals surface area contributed by atoms with E-state index in [2.05, 4.69) is 15.5 Å². The topological polar surface area (TPSA) is 114 Å². The smallest absolute Gasteiger partial charge is 0.320 e. The summed E-state index contributed by atoms with van der Waals surface area (Å²) in [4.78, 5) is 24.2. The highest BCUT2D eigenvalue weighted by atomic mass is 16.4. The zero-order valence-corrected chi connectivity index (χ0v) is 8.64. The molecule has 1 saturated heterocycles. The molecule has 1 atom stereocenters. The lowest BCUT2D eigenvalue weighted by Crippen LogP contribution is -2.58. The quantitative estimate of drug-likeness (QED) is 0.613. The van der Waals surface area contributed by atoms with Gasteiger partial charge in [-0.15, -0.1) is 0 Å². The molecule has 0 saturated carbocycles. The first-order valence-electron chi connectivity index (χ1n) is 4.81. The summed E-state index contributed by atoms with van der Waals surface area (Å²) in [5.41, 5.74) is 5.29. The lowest BCUT2D eigenvalue weighted by Gasteiger charge is -2.31. The third kappa shape index (κ3) is 1.69. The van der Waals surface area contributed by atoms with Gasteiger partial charge in [-0.2, -0.15) is 0 Å². The molecule has 1 aliphatic heterocycles. The monoisotopic (exact) mass is 225 g/mol. The molecule has 1 unspecified atom stereocenters. The Bertz CT molecular complexity index is 429. The van der Waals surface area contributed by atoms with Gasteiger partial charge in [-0.25, -0.2) is 0 Å². The summed E-state index contributed by atoms with van der Waals surface area (Å²) in [7, 11) is 0. The Morgan fingerprint density at radius 2 is 2.31 bits per heavy atom. The number of carbonyl (C=O) groups is 2. The fourth-order valence-corrected chi connectivity index (χ4v) is 1.62. The van der Waals surface area contributed by atoms with Crippen molar-refractivity contribution in [3.05, 3.63) is 0 Å². The van der Waals surface area contributed by atoms with Crippen molar-refractivity contribution >= 4 is 23.8 Å². The number of nitrogens with zero attached hydrogens (tertiary/aromatic N) is 3. The van der Waals surface area contributed by atoms with Gasteiger partial charge in [0.2, 0.25) is 11.8 Å². The van der Waals surface area contributed by atoms with Gasteiger partial charge in [0.15, 0.2) is 0 Å². The molecular formula is C8H11N5O3. The first-order chi connectivity index (χ1) is 7.61. The van der Waals surface area contributed by atoms with Crippen LogP contribution in [0.25, 0.3) is 0 Å². The normalized spacial score (nSPS) is 21.1. The van der Waals surface area contributed by atoms with Crippen molar-refractivity contribution in [1.29, 1.82) is 0 Å². The summed E-state index contributed by atoms with van der Waals surface area (Å²) in [5.74, 6) is -0.762. The van der Waals surface area contributed by atoms with E-state index >= 15 is 0 Å². The molecule has 16 heavy (non-hydrogen) atoms. The van der Waals surface area contributed by atoms with Crippen molar-refractivity contribution in [3.8, 4) is 0 Å². The van der Waals surface area contributed by atoms with Gasteiger partial charge in [-0.1, -0.05) is 17.1 Å². The van der Waals surface area contributed by atoms with Crippen molar-refractivity contribution < 1.29 is 14.0 Å². The molecule has 1 fully saturated rings. The lowest BCUT2D eigenvalue weighted by molar-refractivity contribution is -0.133. The van der Waals surface area contributed by atoms with Crippen LogP contribution in [0.1, 0.15) is 13.3 Å². The predicted octanol–water partition coefficient (Wildman–Crippen LogP) is -1.11. The molecule has 0 spiro atoms. The molecule has 0 aliphatic carbocycles. The standard InChI is InChI=1S/C8H11N5O3/c1-2-4-6(15)10-5(14)3-13(4)8-12-11-7(9)16-8/h4H,2-3H2,1H3,(H2,9,11)(H,10,14,15). The van der Waals surface area contributed by atoms with Gasteiger partial charge in [0.25, 0.3) is 0 Å². The molecule has 2 rings (SSSR count). The van der Waals surface area contributed by atoms with Crippen LogP contribution in [-0.2, 0) is 9.59 Å². The van der Waals surface area contributed by atoms with E-state index in [4.69, 9.17) is 10.2 Å². The first-order valence-corrected chi connectivity index (χ1v) is 4.81. The summed E-state index contributed by atoms with van der Waals surface area (Å²) >= 11 is 0. The van der Waals surface area contributed by atoms with Crippen LogP contribution in [0.5, 0.6) is 0 Å². The van der Waals surface area contributed by atoms with Crippen LogP contribution < -0.4 is 16.0 Å². The average molecular weight is 225 g/mol. The minimum Gasteiger partial charge on any atom is -0.390 e. The van der Waals surface area contributed by atoms with Crippen LogP contribution in [0.4, 0.5) is 12.0 Å². The third-order valence-corrected chi connectivity index (χ3v) is 2.32. The number of rotatable bonds is 2. The molecule has 8 nitrogen and oxygen atoms in total. The number of carbonyl (C=O) groups excluding carboxylic acids is 2. The van der Waals surface area contributed by atoms with E-state index in [9.17, 15) is 9.59 Å². The van der Waals surface area contributed by atoms with E-state index in [0.717, 1.165) is 0 Å². The largest absolute Gasteiger partial charge is 0.390 e. The maximum absolute atomic E-state index is 11.5. The van der Waals surface area contributed by atoms with Crippen LogP contribution in [0.2, 0.25) is 0 Å². The Balaban J connectivity index is 2.29.